The number of H-pyrrole nitrogens is 2. The lowest BCUT2D eigenvalue weighted by Gasteiger charge is -2.27. The van der Waals surface area contributed by atoms with Crippen molar-refractivity contribution >= 4 is 16.9 Å². The highest BCUT2D eigenvalue weighted by molar-refractivity contribution is 5.86. The van der Waals surface area contributed by atoms with Crippen LogP contribution in [0.4, 0.5) is 4.79 Å². The Morgan fingerprint density at radius 2 is 2.17 bits per heavy atom. The van der Waals surface area contributed by atoms with E-state index < -0.39 is 0 Å². The molecule has 0 spiro atoms. The Kier molecular flexibility index (Phi) is 2.92. The van der Waals surface area contributed by atoms with E-state index in [-0.39, 0.29) is 6.03 Å². The smallest absolute Gasteiger partial charge is 0.317 e. The maximum Gasteiger partial charge on any atom is 0.317 e. The second kappa shape index (κ2) is 5.12. The fourth-order valence-corrected chi connectivity index (χ4v) is 3.39. The van der Waals surface area contributed by atoms with E-state index in [1.807, 2.05) is 17.0 Å². The number of hydrogen-bond donors (Lipinski definition) is 3. The van der Waals surface area contributed by atoms with Crippen LogP contribution in [-0.4, -0.2) is 38.7 Å². The molecule has 0 unspecified atom stereocenters. The SMILES string of the molecule is O=C(NC1CC1)N1CCc2[nH]nc(-c3cc4ccccc4[nH]3)c2C1. The summed E-state index contributed by atoms with van der Waals surface area (Å²) >= 11 is 0. The molecule has 0 saturated heterocycles. The minimum atomic E-state index is 0.0481. The molecule has 5 rings (SSSR count). The van der Waals surface area contributed by atoms with E-state index in [1.54, 1.807) is 0 Å². The summed E-state index contributed by atoms with van der Waals surface area (Å²) < 4.78 is 0. The fraction of sp³-hybridized carbons (Fsp3) is 0.333. The molecule has 0 radical (unpaired) electrons. The van der Waals surface area contributed by atoms with Crippen molar-refractivity contribution in [3.8, 4) is 11.4 Å². The van der Waals surface area contributed by atoms with Gasteiger partial charge in [-0.1, -0.05) is 18.2 Å². The Morgan fingerprint density at radius 1 is 1.29 bits per heavy atom. The molecular weight excluding hydrogens is 302 g/mol. The van der Waals surface area contributed by atoms with Crippen LogP contribution in [0.1, 0.15) is 24.1 Å². The number of carbonyl (C=O) groups excluding carboxylic acids is 1. The van der Waals surface area contributed by atoms with Gasteiger partial charge < -0.3 is 15.2 Å². The van der Waals surface area contributed by atoms with Gasteiger partial charge >= 0.3 is 6.03 Å². The number of hydrogen-bond acceptors (Lipinski definition) is 2. The van der Waals surface area contributed by atoms with Crippen LogP contribution in [0.5, 0.6) is 0 Å². The van der Waals surface area contributed by atoms with Crippen LogP contribution in [0.3, 0.4) is 0 Å². The Morgan fingerprint density at radius 3 is 3.00 bits per heavy atom. The molecule has 24 heavy (non-hydrogen) atoms. The Labute approximate surface area is 139 Å². The first-order chi connectivity index (χ1) is 11.8. The summed E-state index contributed by atoms with van der Waals surface area (Å²) in [6.45, 7) is 1.34. The van der Waals surface area contributed by atoms with E-state index in [9.17, 15) is 4.79 Å². The highest BCUT2D eigenvalue weighted by atomic mass is 16.2. The third kappa shape index (κ3) is 2.26. The minimum Gasteiger partial charge on any atom is -0.353 e. The zero-order chi connectivity index (χ0) is 16.1. The van der Waals surface area contributed by atoms with Gasteiger partial charge in [0.15, 0.2) is 0 Å². The molecule has 3 heterocycles. The van der Waals surface area contributed by atoms with Crippen LogP contribution in [-0.2, 0) is 13.0 Å². The van der Waals surface area contributed by atoms with Gasteiger partial charge in [0.2, 0.25) is 0 Å². The van der Waals surface area contributed by atoms with Crippen molar-refractivity contribution in [2.24, 2.45) is 0 Å². The maximum atomic E-state index is 12.3. The average Bonchev–Trinajstić information content (AvgIpc) is 3.16. The number of carbonyl (C=O) groups is 1. The standard InChI is InChI=1S/C18H19N5O/c24-18(19-12-5-6-12)23-8-7-15-13(10-23)17(22-21-15)16-9-11-3-1-2-4-14(11)20-16/h1-4,9,12,20H,5-8,10H2,(H,19,24)(H,21,22). The van der Waals surface area contributed by atoms with Gasteiger partial charge in [-0.05, 0) is 25.0 Å². The van der Waals surface area contributed by atoms with Crippen LogP contribution < -0.4 is 5.32 Å². The third-order valence-corrected chi connectivity index (χ3v) is 4.91. The van der Waals surface area contributed by atoms with Crippen molar-refractivity contribution < 1.29 is 4.79 Å². The molecule has 6 heteroatoms. The third-order valence-electron chi connectivity index (χ3n) is 4.91. The fourth-order valence-electron chi connectivity index (χ4n) is 3.39. The number of rotatable bonds is 2. The normalized spacial score (nSPS) is 17.1. The summed E-state index contributed by atoms with van der Waals surface area (Å²) in [4.78, 5) is 17.7. The lowest BCUT2D eigenvalue weighted by atomic mass is 10.0. The molecule has 122 valence electrons. The second-order valence-corrected chi connectivity index (χ2v) is 6.69. The van der Waals surface area contributed by atoms with Crippen LogP contribution >= 0.6 is 0 Å². The first kappa shape index (κ1) is 13.7. The lowest BCUT2D eigenvalue weighted by molar-refractivity contribution is 0.192. The number of amides is 2. The molecule has 1 fully saturated rings. The van der Waals surface area contributed by atoms with Crippen molar-refractivity contribution in [2.75, 3.05) is 6.54 Å². The zero-order valence-corrected chi connectivity index (χ0v) is 13.3. The predicted molar refractivity (Wildman–Crippen MR) is 91.5 cm³/mol. The molecule has 1 aliphatic carbocycles. The van der Waals surface area contributed by atoms with Crippen molar-refractivity contribution in [1.82, 2.24) is 25.4 Å². The number of benzene rings is 1. The molecule has 6 nitrogen and oxygen atoms in total. The molecule has 0 atom stereocenters. The van der Waals surface area contributed by atoms with Gasteiger partial charge in [-0.25, -0.2) is 4.79 Å². The van der Waals surface area contributed by atoms with Gasteiger partial charge in [-0.15, -0.1) is 0 Å². The van der Waals surface area contributed by atoms with Crippen LogP contribution in [0.2, 0.25) is 0 Å². The highest BCUT2D eigenvalue weighted by Gasteiger charge is 2.30. The molecule has 1 saturated carbocycles. The highest BCUT2D eigenvalue weighted by Crippen LogP contribution is 2.30. The van der Waals surface area contributed by atoms with Gasteiger partial charge in [0.25, 0.3) is 0 Å². The quantitative estimate of drug-likeness (QED) is 0.679. The summed E-state index contributed by atoms with van der Waals surface area (Å²) in [5.74, 6) is 0. The van der Waals surface area contributed by atoms with Crippen LogP contribution in [0, 0.1) is 0 Å². The van der Waals surface area contributed by atoms with Crippen LogP contribution in [0.25, 0.3) is 22.3 Å². The topological polar surface area (TPSA) is 76.8 Å². The van der Waals surface area contributed by atoms with Crippen molar-refractivity contribution in [2.45, 2.75) is 31.8 Å². The molecular formula is C18H19N5O. The van der Waals surface area contributed by atoms with Gasteiger partial charge in [0.05, 0.1) is 12.2 Å². The van der Waals surface area contributed by atoms with Gasteiger partial charge in [-0.3, -0.25) is 5.10 Å². The van der Waals surface area contributed by atoms with E-state index in [2.05, 4.69) is 38.7 Å². The maximum absolute atomic E-state index is 12.3. The molecule has 2 aromatic heterocycles. The number of aromatic amines is 2. The number of nitrogens with one attached hydrogen (secondary N) is 3. The summed E-state index contributed by atoms with van der Waals surface area (Å²) in [7, 11) is 0. The van der Waals surface area contributed by atoms with E-state index >= 15 is 0 Å². The summed E-state index contributed by atoms with van der Waals surface area (Å²) in [5, 5.41) is 11.9. The average molecular weight is 321 g/mol. The van der Waals surface area contributed by atoms with Crippen LogP contribution in [0.15, 0.2) is 30.3 Å². The van der Waals surface area contributed by atoms with E-state index in [0.29, 0.717) is 12.6 Å². The van der Waals surface area contributed by atoms with E-state index in [4.69, 9.17) is 0 Å². The number of aromatic nitrogens is 3. The molecule has 1 aromatic carbocycles. The Balaban J connectivity index is 1.47. The lowest BCUT2D eigenvalue weighted by Crippen LogP contribution is -2.43. The van der Waals surface area contributed by atoms with Crippen molar-refractivity contribution in [3.63, 3.8) is 0 Å². The first-order valence-electron chi connectivity index (χ1n) is 8.47. The number of urea groups is 1. The number of nitrogens with zero attached hydrogens (tertiary/aromatic N) is 2. The molecule has 3 N–H and O–H groups in total. The Hall–Kier alpha value is -2.76. The summed E-state index contributed by atoms with van der Waals surface area (Å²) in [6, 6.07) is 10.8. The predicted octanol–water partition coefficient (Wildman–Crippen LogP) is 2.79. The Bertz CT molecular complexity index is 888. The number of fused-ring (bicyclic) bond motifs is 2. The molecule has 2 amide bonds. The summed E-state index contributed by atoms with van der Waals surface area (Å²) in [5.41, 5.74) is 5.28. The largest absolute Gasteiger partial charge is 0.353 e. The van der Waals surface area contributed by atoms with E-state index in [1.165, 1.54) is 5.39 Å². The van der Waals surface area contributed by atoms with Gasteiger partial charge in [-0.2, -0.15) is 5.10 Å². The minimum absolute atomic E-state index is 0.0481. The van der Waals surface area contributed by atoms with Crippen molar-refractivity contribution in [1.29, 1.82) is 0 Å². The van der Waals surface area contributed by atoms with Gasteiger partial charge in [0.1, 0.15) is 5.69 Å². The molecule has 0 bridgehead atoms. The molecule has 3 aromatic rings. The number of para-hydroxylation sites is 1. The van der Waals surface area contributed by atoms with E-state index in [0.717, 1.165) is 54.0 Å². The van der Waals surface area contributed by atoms with Crippen molar-refractivity contribution in [3.05, 3.63) is 41.6 Å². The monoisotopic (exact) mass is 321 g/mol. The summed E-state index contributed by atoms with van der Waals surface area (Å²) in [6.07, 6.45) is 3.04. The zero-order valence-electron chi connectivity index (χ0n) is 13.3. The molecule has 2 aliphatic rings. The van der Waals surface area contributed by atoms with Gasteiger partial charge in [0, 0.05) is 41.2 Å². The second-order valence-electron chi connectivity index (χ2n) is 6.69. The molecule has 1 aliphatic heterocycles. The first-order valence-corrected chi connectivity index (χ1v) is 8.47.